The molecule has 0 fully saturated rings. The van der Waals surface area contributed by atoms with Gasteiger partial charge in [-0.3, -0.25) is 9.78 Å². The Balaban J connectivity index is 1.59. The van der Waals surface area contributed by atoms with Gasteiger partial charge in [-0.1, -0.05) is 17.7 Å². The second kappa shape index (κ2) is 8.68. The van der Waals surface area contributed by atoms with Crippen molar-refractivity contribution in [2.24, 2.45) is 0 Å². The van der Waals surface area contributed by atoms with Crippen molar-refractivity contribution in [1.29, 1.82) is 0 Å². The van der Waals surface area contributed by atoms with E-state index in [0.29, 0.717) is 22.9 Å². The van der Waals surface area contributed by atoms with Crippen molar-refractivity contribution in [1.82, 2.24) is 10.3 Å². The van der Waals surface area contributed by atoms with Crippen LogP contribution >= 0.6 is 0 Å². The van der Waals surface area contributed by atoms with Gasteiger partial charge in [-0.25, -0.2) is 4.79 Å². The fraction of sp³-hybridized carbons (Fsp3) is 0.0952. The van der Waals surface area contributed by atoms with Gasteiger partial charge in [-0.05, 0) is 49.4 Å². The summed E-state index contributed by atoms with van der Waals surface area (Å²) in [5.74, 6) is 0.773. The molecule has 0 saturated carbocycles. The fourth-order valence-electron chi connectivity index (χ4n) is 2.40. The van der Waals surface area contributed by atoms with Crippen LogP contribution in [0.25, 0.3) is 0 Å². The first kappa shape index (κ1) is 18.9. The van der Waals surface area contributed by atoms with Gasteiger partial charge in [0.25, 0.3) is 5.91 Å². The van der Waals surface area contributed by atoms with E-state index in [1.165, 1.54) is 13.2 Å². The summed E-state index contributed by atoms with van der Waals surface area (Å²) in [5, 5.41) is 8.04. The monoisotopic (exact) mass is 376 g/mol. The predicted octanol–water partition coefficient (Wildman–Crippen LogP) is 4.19. The Labute approximate surface area is 162 Å². The normalized spacial score (nSPS) is 10.1. The first-order chi connectivity index (χ1) is 13.5. The Bertz CT molecular complexity index is 970. The first-order valence-corrected chi connectivity index (χ1v) is 8.64. The number of hydrogen-bond donors (Lipinski definition) is 3. The third kappa shape index (κ3) is 5.07. The van der Waals surface area contributed by atoms with Crippen LogP contribution in [0.1, 0.15) is 16.1 Å². The lowest BCUT2D eigenvalue weighted by Crippen LogP contribution is -2.19. The number of benzene rings is 2. The number of hydrogen-bond acceptors (Lipinski definition) is 4. The minimum atomic E-state index is -0.332. The van der Waals surface area contributed by atoms with Crippen LogP contribution in [0.2, 0.25) is 0 Å². The van der Waals surface area contributed by atoms with E-state index in [4.69, 9.17) is 4.74 Å². The van der Waals surface area contributed by atoms with Crippen molar-refractivity contribution in [3.63, 3.8) is 0 Å². The minimum absolute atomic E-state index is 0.270. The van der Waals surface area contributed by atoms with Crippen molar-refractivity contribution in [3.8, 4) is 11.5 Å². The van der Waals surface area contributed by atoms with E-state index in [2.05, 4.69) is 20.9 Å². The maximum Gasteiger partial charge on any atom is 0.323 e. The summed E-state index contributed by atoms with van der Waals surface area (Å²) in [5.41, 5.74) is 2.73. The molecule has 7 nitrogen and oxygen atoms in total. The zero-order valence-corrected chi connectivity index (χ0v) is 15.5. The molecule has 0 aliphatic heterocycles. The van der Waals surface area contributed by atoms with Crippen LogP contribution in [-0.4, -0.2) is 24.0 Å². The summed E-state index contributed by atoms with van der Waals surface area (Å²) in [4.78, 5) is 27.7. The standard InChI is InChI=1S/C21H20N4O3/c1-14-3-5-15(6-4-14)24-21(27)25-16-7-9-17(10-8-16)28-18-11-12-23-19(13-18)20(26)22-2/h3-13H,1-2H3,(H,22,26)(H2,24,25,27). The number of aryl methyl sites for hydroxylation is 1. The highest BCUT2D eigenvalue weighted by molar-refractivity contribution is 5.99. The van der Waals surface area contributed by atoms with Gasteiger partial charge in [0.1, 0.15) is 17.2 Å². The maximum atomic E-state index is 12.1. The van der Waals surface area contributed by atoms with Gasteiger partial charge >= 0.3 is 6.03 Å². The molecule has 1 heterocycles. The highest BCUT2D eigenvalue weighted by Gasteiger charge is 2.07. The van der Waals surface area contributed by atoms with Gasteiger partial charge in [-0.15, -0.1) is 0 Å². The van der Waals surface area contributed by atoms with Gasteiger partial charge in [0, 0.05) is 30.7 Å². The second-order valence-electron chi connectivity index (χ2n) is 6.03. The fourth-order valence-corrected chi connectivity index (χ4v) is 2.40. The van der Waals surface area contributed by atoms with Crippen LogP contribution in [0.5, 0.6) is 11.5 Å². The summed E-state index contributed by atoms with van der Waals surface area (Å²) in [6.07, 6.45) is 1.51. The first-order valence-electron chi connectivity index (χ1n) is 8.64. The van der Waals surface area contributed by atoms with Crippen LogP contribution in [0.15, 0.2) is 66.9 Å². The van der Waals surface area contributed by atoms with Crippen LogP contribution in [0, 0.1) is 6.92 Å². The molecule has 1 aromatic heterocycles. The van der Waals surface area contributed by atoms with E-state index in [1.807, 2.05) is 31.2 Å². The molecule has 142 valence electrons. The Morgan fingerprint density at radius 1 is 0.857 bits per heavy atom. The Morgan fingerprint density at radius 3 is 2.07 bits per heavy atom. The molecule has 0 atom stereocenters. The third-order valence-electron chi connectivity index (χ3n) is 3.85. The molecular weight excluding hydrogens is 356 g/mol. The Kier molecular flexibility index (Phi) is 5.86. The van der Waals surface area contributed by atoms with Crippen molar-refractivity contribution in [2.75, 3.05) is 17.7 Å². The number of anilines is 2. The summed E-state index contributed by atoms with van der Waals surface area (Å²) in [6, 6.07) is 17.3. The SMILES string of the molecule is CNC(=O)c1cc(Oc2ccc(NC(=O)Nc3ccc(C)cc3)cc2)ccn1. The number of nitrogens with one attached hydrogen (secondary N) is 3. The van der Waals surface area contributed by atoms with E-state index in [9.17, 15) is 9.59 Å². The van der Waals surface area contributed by atoms with Crippen LogP contribution in [0.3, 0.4) is 0 Å². The van der Waals surface area contributed by atoms with E-state index in [1.54, 1.807) is 36.4 Å². The molecule has 0 bridgehead atoms. The number of rotatable bonds is 5. The molecule has 0 radical (unpaired) electrons. The van der Waals surface area contributed by atoms with E-state index in [-0.39, 0.29) is 17.6 Å². The van der Waals surface area contributed by atoms with E-state index < -0.39 is 0 Å². The number of carbonyl (C=O) groups excluding carboxylic acids is 2. The highest BCUT2D eigenvalue weighted by atomic mass is 16.5. The molecule has 3 aromatic rings. The Morgan fingerprint density at radius 2 is 1.46 bits per heavy atom. The number of ether oxygens (including phenoxy) is 1. The summed E-state index contributed by atoms with van der Waals surface area (Å²) < 4.78 is 5.73. The minimum Gasteiger partial charge on any atom is -0.457 e. The molecule has 0 aliphatic rings. The largest absolute Gasteiger partial charge is 0.457 e. The average molecular weight is 376 g/mol. The molecule has 3 N–H and O–H groups in total. The lowest BCUT2D eigenvalue weighted by atomic mass is 10.2. The van der Waals surface area contributed by atoms with Crippen molar-refractivity contribution in [2.45, 2.75) is 6.92 Å². The van der Waals surface area contributed by atoms with Crippen LogP contribution in [0.4, 0.5) is 16.2 Å². The van der Waals surface area contributed by atoms with Gasteiger partial charge in [0.15, 0.2) is 0 Å². The topological polar surface area (TPSA) is 92.4 Å². The smallest absolute Gasteiger partial charge is 0.323 e. The molecule has 3 amide bonds. The second-order valence-corrected chi connectivity index (χ2v) is 6.03. The number of nitrogens with zero attached hydrogens (tertiary/aromatic N) is 1. The number of aromatic nitrogens is 1. The van der Waals surface area contributed by atoms with E-state index >= 15 is 0 Å². The molecule has 0 saturated heterocycles. The number of carbonyl (C=O) groups is 2. The van der Waals surface area contributed by atoms with Gasteiger partial charge in [0.05, 0.1) is 0 Å². The molecular formula is C21H20N4O3. The zero-order chi connectivity index (χ0) is 19.9. The molecule has 28 heavy (non-hydrogen) atoms. The van der Waals surface area contributed by atoms with E-state index in [0.717, 1.165) is 5.56 Å². The molecule has 0 aliphatic carbocycles. The zero-order valence-electron chi connectivity index (χ0n) is 15.5. The summed E-state index contributed by atoms with van der Waals surface area (Å²) in [6.45, 7) is 1.98. The molecule has 7 heteroatoms. The van der Waals surface area contributed by atoms with Gasteiger partial charge in [0.2, 0.25) is 0 Å². The van der Waals surface area contributed by atoms with Crippen molar-refractivity contribution in [3.05, 3.63) is 78.1 Å². The predicted molar refractivity (Wildman–Crippen MR) is 108 cm³/mol. The van der Waals surface area contributed by atoms with Crippen molar-refractivity contribution >= 4 is 23.3 Å². The lowest BCUT2D eigenvalue weighted by molar-refractivity contribution is 0.0958. The van der Waals surface area contributed by atoms with Gasteiger partial charge in [-0.2, -0.15) is 0 Å². The number of urea groups is 1. The van der Waals surface area contributed by atoms with Gasteiger partial charge < -0.3 is 20.7 Å². The molecule has 0 spiro atoms. The summed E-state index contributed by atoms with van der Waals surface area (Å²) >= 11 is 0. The van der Waals surface area contributed by atoms with Crippen LogP contribution in [-0.2, 0) is 0 Å². The lowest BCUT2D eigenvalue weighted by Gasteiger charge is -2.10. The third-order valence-corrected chi connectivity index (χ3v) is 3.85. The Hall–Kier alpha value is -3.87. The molecule has 2 aromatic carbocycles. The quantitative estimate of drug-likeness (QED) is 0.623. The molecule has 0 unspecified atom stereocenters. The number of amides is 3. The van der Waals surface area contributed by atoms with Crippen molar-refractivity contribution < 1.29 is 14.3 Å². The highest BCUT2D eigenvalue weighted by Crippen LogP contribution is 2.23. The molecule has 3 rings (SSSR count). The maximum absolute atomic E-state index is 12.1. The number of pyridine rings is 1. The summed E-state index contributed by atoms with van der Waals surface area (Å²) in [7, 11) is 1.54. The average Bonchev–Trinajstić information content (AvgIpc) is 2.71. The van der Waals surface area contributed by atoms with Crippen LogP contribution < -0.4 is 20.7 Å².